The molecule has 0 unspecified atom stereocenters. The highest BCUT2D eigenvalue weighted by Gasteiger charge is 2.24. The Labute approximate surface area is 223 Å². The third-order valence-corrected chi connectivity index (χ3v) is 6.88. The Balaban J connectivity index is 1.38. The number of rotatable bonds is 6. The van der Waals surface area contributed by atoms with Crippen molar-refractivity contribution in [2.24, 2.45) is 0 Å². The minimum atomic E-state index is 0.0359. The van der Waals surface area contributed by atoms with E-state index in [-0.39, 0.29) is 5.91 Å². The van der Waals surface area contributed by atoms with Crippen molar-refractivity contribution in [3.05, 3.63) is 118 Å². The summed E-state index contributed by atoms with van der Waals surface area (Å²) in [5.41, 5.74) is 5.23. The van der Waals surface area contributed by atoms with Crippen LogP contribution in [-0.2, 0) is 11.2 Å². The summed E-state index contributed by atoms with van der Waals surface area (Å²) in [5, 5.41) is 0.721. The van der Waals surface area contributed by atoms with Crippen LogP contribution in [0.25, 0.3) is 17.5 Å². The summed E-state index contributed by atoms with van der Waals surface area (Å²) in [4.78, 5) is 26.9. The predicted molar refractivity (Wildman–Crippen MR) is 151 cm³/mol. The zero-order chi connectivity index (χ0) is 25.6. The number of hydrogen-bond acceptors (Lipinski definition) is 4. The van der Waals surface area contributed by atoms with Crippen LogP contribution in [0.1, 0.15) is 22.4 Å². The van der Waals surface area contributed by atoms with E-state index in [0.717, 1.165) is 44.6 Å². The SMILES string of the molecule is Cc1nc(-c2ccccc2)nc(N2CCN(C(=O)/C=C/c3ccccc3)CC2)c1Cc1ccc(Cl)cc1. The van der Waals surface area contributed by atoms with Gasteiger partial charge in [-0.25, -0.2) is 9.97 Å². The lowest BCUT2D eigenvalue weighted by Crippen LogP contribution is -2.49. The Hall–Kier alpha value is -3.96. The fourth-order valence-electron chi connectivity index (χ4n) is 4.55. The molecule has 0 radical (unpaired) electrons. The Morgan fingerprint density at radius 2 is 1.51 bits per heavy atom. The molecule has 186 valence electrons. The quantitative estimate of drug-likeness (QED) is 0.297. The van der Waals surface area contributed by atoms with Gasteiger partial charge in [-0.05, 0) is 36.3 Å². The van der Waals surface area contributed by atoms with E-state index in [4.69, 9.17) is 21.6 Å². The lowest BCUT2D eigenvalue weighted by Gasteiger charge is -2.36. The molecule has 5 nitrogen and oxygen atoms in total. The zero-order valence-corrected chi connectivity index (χ0v) is 21.6. The van der Waals surface area contributed by atoms with Crippen LogP contribution in [0, 0.1) is 6.92 Å². The van der Waals surface area contributed by atoms with Crippen molar-refractivity contribution < 1.29 is 4.79 Å². The molecule has 0 N–H and O–H groups in total. The van der Waals surface area contributed by atoms with E-state index >= 15 is 0 Å². The highest BCUT2D eigenvalue weighted by atomic mass is 35.5. The Kier molecular flexibility index (Phi) is 7.62. The molecule has 1 aromatic heterocycles. The molecule has 1 saturated heterocycles. The van der Waals surface area contributed by atoms with Crippen molar-refractivity contribution in [2.75, 3.05) is 31.1 Å². The van der Waals surface area contributed by atoms with Gasteiger partial charge in [0.1, 0.15) is 5.82 Å². The molecule has 0 atom stereocenters. The molecule has 0 spiro atoms. The fraction of sp³-hybridized carbons (Fsp3) is 0.194. The van der Waals surface area contributed by atoms with Gasteiger partial charge in [-0.3, -0.25) is 4.79 Å². The van der Waals surface area contributed by atoms with Crippen molar-refractivity contribution >= 4 is 29.4 Å². The smallest absolute Gasteiger partial charge is 0.246 e. The van der Waals surface area contributed by atoms with Crippen molar-refractivity contribution in [2.45, 2.75) is 13.3 Å². The Morgan fingerprint density at radius 3 is 2.19 bits per heavy atom. The molecule has 0 aliphatic carbocycles. The van der Waals surface area contributed by atoms with Gasteiger partial charge in [-0.15, -0.1) is 0 Å². The van der Waals surface area contributed by atoms with Crippen LogP contribution in [0.15, 0.2) is 91.0 Å². The molecule has 5 rings (SSSR count). The molecule has 0 bridgehead atoms. The summed E-state index contributed by atoms with van der Waals surface area (Å²) >= 11 is 6.11. The molecule has 1 aliphatic heterocycles. The van der Waals surface area contributed by atoms with Gasteiger partial charge >= 0.3 is 0 Å². The van der Waals surface area contributed by atoms with Gasteiger partial charge in [0.15, 0.2) is 5.82 Å². The summed E-state index contributed by atoms with van der Waals surface area (Å²) < 4.78 is 0. The number of amides is 1. The van der Waals surface area contributed by atoms with Crippen molar-refractivity contribution in [1.29, 1.82) is 0 Å². The van der Waals surface area contributed by atoms with Gasteiger partial charge in [0.25, 0.3) is 0 Å². The van der Waals surface area contributed by atoms with Gasteiger partial charge in [0.2, 0.25) is 5.91 Å². The standard InChI is InChI=1S/C31H29ClN4O/c1-23-28(22-25-12-15-27(32)16-13-25)31(34-30(33-23)26-10-6-3-7-11-26)36-20-18-35(19-21-36)29(37)17-14-24-8-4-2-5-9-24/h2-17H,18-22H2,1H3/b17-14+. The molecule has 2 heterocycles. The molecule has 1 fully saturated rings. The Bertz CT molecular complexity index is 1380. The first-order valence-electron chi connectivity index (χ1n) is 12.5. The van der Waals surface area contributed by atoms with Gasteiger partial charge in [-0.1, -0.05) is 84.4 Å². The van der Waals surface area contributed by atoms with E-state index in [2.05, 4.69) is 11.8 Å². The summed E-state index contributed by atoms with van der Waals surface area (Å²) in [7, 11) is 0. The molecule has 0 saturated carbocycles. The molecule has 1 aliphatic rings. The van der Waals surface area contributed by atoms with Crippen molar-refractivity contribution in [3.8, 4) is 11.4 Å². The number of aryl methyl sites for hydroxylation is 1. The monoisotopic (exact) mass is 508 g/mol. The average molecular weight is 509 g/mol. The highest BCUT2D eigenvalue weighted by molar-refractivity contribution is 6.30. The second kappa shape index (κ2) is 11.4. The van der Waals surface area contributed by atoms with Crippen LogP contribution < -0.4 is 4.90 Å². The van der Waals surface area contributed by atoms with Crippen LogP contribution in [0.2, 0.25) is 5.02 Å². The maximum atomic E-state index is 12.8. The molecular formula is C31H29ClN4O. The van der Waals surface area contributed by atoms with Crippen LogP contribution in [0.3, 0.4) is 0 Å². The summed E-state index contributed by atoms with van der Waals surface area (Å²) in [6.45, 7) is 4.76. The number of halogens is 1. The third-order valence-electron chi connectivity index (χ3n) is 6.63. The zero-order valence-electron chi connectivity index (χ0n) is 20.8. The number of nitrogens with zero attached hydrogens (tertiary/aromatic N) is 4. The van der Waals surface area contributed by atoms with E-state index in [9.17, 15) is 4.79 Å². The molecule has 37 heavy (non-hydrogen) atoms. The molecular weight excluding hydrogens is 480 g/mol. The van der Waals surface area contributed by atoms with Crippen LogP contribution in [0.5, 0.6) is 0 Å². The Morgan fingerprint density at radius 1 is 0.865 bits per heavy atom. The molecule has 1 amide bonds. The van der Waals surface area contributed by atoms with Crippen molar-refractivity contribution in [3.63, 3.8) is 0 Å². The first kappa shape index (κ1) is 24.7. The van der Waals surface area contributed by atoms with Gasteiger partial charge < -0.3 is 9.80 Å². The maximum Gasteiger partial charge on any atom is 0.246 e. The fourth-order valence-corrected chi connectivity index (χ4v) is 4.67. The first-order valence-corrected chi connectivity index (χ1v) is 12.9. The normalized spacial score (nSPS) is 13.8. The summed E-state index contributed by atoms with van der Waals surface area (Å²) in [5.74, 6) is 1.69. The van der Waals surface area contributed by atoms with E-state index in [1.165, 1.54) is 0 Å². The third kappa shape index (κ3) is 6.07. The van der Waals surface area contributed by atoms with Crippen LogP contribution in [-0.4, -0.2) is 47.0 Å². The number of anilines is 1. The van der Waals surface area contributed by atoms with Gasteiger partial charge in [-0.2, -0.15) is 0 Å². The van der Waals surface area contributed by atoms with Gasteiger partial charge in [0, 0.05) is 60.5 Å². The van der Waals surface area contributed by atoms with Gasteiger partial charge in [0.05, 0.1) is 0 Å². The highest BCUT2D eigenvalue weighted by Crippen LogP contribution is 2.28. The number of piperazine rings is 1. The largest absolute Gasteiger partial charge is 0.353 e. The van der Waals surface area contributed by atoms with E-state index in [1.54, 1.807) is 6.08 Å². The van der Waals surface area contributed by atoms with E-state index in [1.807, 2.05) is 95.9 Å². The number of carbonyl (C=O) groups excluding carboxylic acids is 1. The summed E-state index contributed by atoms with van der Waals surface area (Å²) in [6, 6.07) is 27.9. The second-order valence-corrected chi connectivity index (χ2v) is 9.60. The molecule has 6 heteroatoms. The lowest BCUT2D eigenvalue weighted by atomic mass is 10.0. The van der Waals surface area contributed by atoms with Crippen LogP contribution in [0.4, 0.5) is 5.82 Å². The summed E-state index contributed by atoms with van der Waals surface area (Å²) in [6.07, 6.45) is 4.25. The topological polar surface area (TPSA) is 49.3 Å². The number of carbonyl (C=O) groups is 1. The minimum Gasteiger partial charge on any atom is -0.353 e. The van der Waals surface area contributed by atoms with E-state index in [0.29, 0.717) is 32.6 Å². The molecule has 3 aromatic carbocycles. The molecule has 4 aromatic rings. The number of aromatic nitrogens is 2. The lowest BCUT2D eigenvalue weighted by molar-refractivity contribution is -0.126. The predicted octanol–water partition coefficient (Wildman–Crippen LogP) is 6.06. The minimum absolute atomic E-state index is 0.0359. The second-order valence-electron chi connectivity index (χ2n) is 9.16. The van der Waals surface area contributed by atoms with Crippen molar-refractivity contribution in [1.82, 2.24) is 14.9 Å². The average Bonchev–Trinajstić information content (AvgIpc) is 2.95. The maximum absolute atomic E-state index is 12.8. The first-order chi connectivity index (χ1) is 18.1. The number of hydrogen-bond donors (Lipinski definition) is 0. The number of benzene rings is 3. The van der Waals surface area contributed by atoms with Crippen LogP contribution >= 0.6 is 11.6 Å². The van der Waals surface area contributed by atoms with E-state index < -0.39 is 0 Å².